The maximum absolute atomic E-state index is 8.22. The second-order valence-corrected chi connectivity index (χ2v) is 15.7. The van der Waals surface area contributed by atoms with Gasteiger partial charge in [-0.3, -0.25) is 0 Å². The smallest absolute Gasteiger partial charge is 0.121 e. The van der Waals surface area contributed by atoms with Crippen LogP contribution >= 0.6 is 0 Å². The summed E-state index contributed by atoms with van der Waals surface area (Å²) >= 11 is 0. The first-order valence-corrected chi connectivity index (χ1v) is 16.8. The largest absolute Gasteiger partial charge is 0.501 e. The van der Waals surface area contributed by atoms with Crippen molar-refractivity contribution >= 4 is 35.2 Å². The van der Waals surface area contributed by atoms with Crippen LogP contribution in [0.2, 0.25) is 19.6 Å². The topological polar surface area (TPSA) is 38.9 Å². The van der Waals surface area contributed by atoms with Crippen molar-refractivity contribution in [2.24, 2.45) is 0 Å². The van der Waals surface area contributed by atoms with Gasteiger partial charge in [0.15, 0.2) is 0 Å². The average molecular weight is 744 g/mol. The number of furan rings is 1. The Labute approximate surface area is 268 Å². The van der Waals surface area contributed by atoms with E-state index in [9.17, 15) is 0 Å². The molecule has 3 nitrogen and oxygen atoms in total. The van der Waals surface area contributed by atoms with Gasteiger partial charge in [-0.1, -0.05) is 97.2 Å². The van der Waals surface area contributed by atoms with Crippen LogP contribution in [-0.2, 0) is 20.1 Å². The van der Waals surface area contributed by atoms with Gasteiger partial charge in [0, 0.05) is 37.9 Å². The Hall–Kier alpha value is -4.15. The summed E-state index contributed by atoms with van der Waals surface area (Å²) in [6.07, 6.45) is 3.73. The van der Waals surface area contributed by atoms with Crippen LogP contribution < -0.4 is 5.19 Å². The minimum absolute atomic E-state index is 0. The van der Waals surface area contributed by atoms with E-state index < -0.39 is 14.1 Å². The molecule has 7 aromatic rings. The molecule has 7 rings (SSSR count). The van der Waals surface area contributed by atoms with Gasteiger partial charge in [-0.05, 0) is 39.8 Å². The van der Waals surface area contributed by atoms with E-state index in [1.807, 2.05) is 66.9 Å². The van der Waals surface area contributed by atoms with Crippen LogP contribution in [-0.4, -0.2) is 18.0 Å². The van der Waals surface area contributed by atoms with Gasteiger partial charge < -0.3 is 14.4 Å². The van der Waals surface area contributed by atoms with Crippen molar-refractivity contribution in [2.75, 3.05) is 0 Å². The van der Waals surface area contributed by atoms with Crippen LogP contribution in [0.5, 0.6) is 0 Å². The van der Waals surface area contributed by atoms with Crippen LogP contribution in [0.15, 0.2) is 132 Å². The van der Waals surface area contributed by atoms with Crippen LogP contribution in [0.1, 0.15) is 6.85 Å². The molecule has 42 heavy (non-hydrogen) atoms. The maximum atomic E-state index is 8.22. The van der Waals surface area contributed by atoms with E-state index in [0.717, 1.165) is 33.3 Å². The molecule has 0 fully saturated rings. The zero-order valence-corrected chi connectivity index (χ0v) is 26.8. The van der Waals surface area contributed by atoms with E-state index in [1.54, 1.807) is 18.3 Å². The third-order valence-electron chi connectivity index (χ3n) is 6.76. The number of pyridine rings is 2. The molecule has 0 saturated carbocycles. The first kappa shape index (κ1) is 23.4. The van der Waals surface area contributed by atoms with Crippen molar-refractivity contribution in [2.45, 2.75) is 19.6 Å². The minimum Gasteiger partial charge on any atom is -0.501 e. The minimum atomic E-state index is -1.23. The monoisotopic (exact) mass is 744 g/mol. The Balaban J connectivity index is 0.000000217. The number of aromatic nitrogens is 2. The molecule has 4 aromatic carbocycles. The fourth-order valence-corrected chi connectivity index (χ4v) is 5.58. The molecule has 5 heteroatoms. The first-order valence-electron chi connectivity index (χ1n) is 15.8. The molecule has 1 radical (unpaired) electrons. The standard InChI is InChI=1S/C23H14NO.C14H16NSi.Ir/c1-2-7-16(8-3-1)17-12-13-18-19-9-6-10-20(21-11-4-5-14-24-21)23(19)25-22(18)15-17;1-16(2,3)13-9-10-14(15-11-13)12-7-5-4-6-8-12;/h1-9,11-15H;4-7,9-11H,1-3H3;/q2*-1;/i1D,2D,3D,7D,8D;;. The summed E-state index contributed by atoms with van der Waals surface area (Å²) in [6, 6.07) is 31.7. The maximum Gasteiger partial charge on any atom is 0.121 e. The van der Waals surface area contributed by atoms with Crippen molar-refractivity contribution < 1.29 is 31.4 Å². The molecule has 0 aliphatic carbocycles. The fourth-order valence-electron chi connectivity index (χ4n) is 4.54. The molecule has 0 aliphatic rings. The van der Waals surface area contributed by atoms with Gasteiger partial charge in [0.2, 0.25) is 0 Å². The van der Waals surface area contributed by atoms with Crippen LogP contribution in [0.3, 0.4) is 0 Å². The van der Waals surface area contributed by atoms with Crippen LogP contribution in [0.25, 0.3) is 55.6 Å². The van der Waals surface area contributed by atoms with E-state index in [0.29, 0.717) is 16.7 Å². The molecule has 0 unspecified atom stereocenters. The summed E-state index contributed by atoms with van der Waals surface area (Å²) < 4.78 is 46.2. The van der Waals surface area contributed by atoms with Crippen molar-refractivity contribution in [3.63, 3.8) is 0 Å². The molecule has 3 aromatic heterocycles. The molecule has 0 saturated heterocycles. The summed E-state index contributed by atoms with van der Waals surface area (Å²) in [5.41, 5.74) is 5.41. The number of nitrogens with zero attached hydrogens (tertiary/aromatic N) is 2. The van der Waals surface area contributed by atoms with Crippen LogP contribution in [0, 0.1) is 12.1 Å². The Morgan fingerprint density at radius 2 is 1.57 bits per heavy atom. The van der Waals surface area contributed by atoms with Gasteiger partial charge in [0.25, 0.3) is 0 Å². The summed E-state index contributed by atoms with van der Waals surface area (Å²) in [7, 11) is -1.23. The van der Waals surface area contributed by atoms with E-state index >= 15 is 0 Å². The summed E-state index contributed by atoms with van der Waals surface area (Å²) in [6.45, 7) is 7.00. The van der Waals surface area contributed by atoms with Crippen molar-refractivity contribution in [3.05, 3.63) is 140 Å². The first-order chi connectivity index (χ1) is 22.0. The fraction of sp³-hybridized carbons (Fsp3) is 0.0811. The summed E-state index contributed by atoms with van der Waals surface area (Å²) in [4.78, 5) is 8.90. The van der Waals surface area contributed by atoms with Gasteiger partial charge >= 0.3 is 0 Å². The van der Waals surface area contributed by atoms with Gasteiger partial charge in [-0.25, -0.2) is 0 Å². The van der Waals surface area contributed by atoms with Gasteiger partial charge in [-0.15, -0.1) is 54.1 Å². The third kappa shape index (κ3) is 6.34. The number of fused-ring (bicyclic) bond motifs is 3. The molecular formula is C37H30IrN2OSi-2. The number of rotatable bonds is 4. The quantitative estimate of drug-likeness (QED) is 0.133. The summed E-state index contributed by atoms with van der Waals surface area (Å²) in [5.74, 6) is 0. The Morgan fingerprint density at radius 1 is 0.738 bits per heavy atom. The molecular weight excluding hydrogens is 709 g/mol. The normalized spacial score (nSPS) is 12.7. The number of benzene rings is 4. The zero-order chi connectivity index (χ0) is 32.6. The predicted octanol–water partition coefficient (Wildman–Crippen LogP) is 9.21. The van der Waals surface area contributed by atoms with Crippen LogP contribution in [0.4, 0.5) is 0 Å². The Kier molecular flexibility index (Phi) is 7.13. The van der Waals surface area contributed by atoms with Crippen molar-refractivity contribution in [3.8, 4) is 33.6 Å². The van der Waals surface area contributed by atoms with Gasteiger partial charge in [-0.2, -0.15) is 0 Å². The number of hydrogen-bond donors (Lipinski definition) is 0. The zero-order valence-electron chi connectivity index (χ0n) is 28.4. The van der Waals surface area contributed by atoms with Gasteiger partial charge in [0.05, 0.1) is 20.5 Å². The molecule has 0 amide bonds. The van der Waals surface area contributed by atoms with E-state index in [2.05, 4.69) is 53.9 Å². The molecule has 0 spiro atoms. The van der Waals surface area contributed by atoms with Crippen molar-refractivity contribution in [1.29, 1.82) is 0 Å². The van der Waals surface area contributed by atoms with Crippen molar-refractivity contribution in [1.82, 2.24) is 9.97 Å². The third-order valence-corrected chi connectivity index (χ3v) is 8.79. The number of hydrogen-bond acceptors (Lipinski definition) is 3. The van der Waals surface area contributed by atoms with Gasteiger partial charge in [0.1, 0.15) is 5.58 Å². The second kappa shape index (κ2) is 12.8. The van der Waals surface area contributed by atoms with E-state index in [1.165, 1.54) is 5.19 Å². The molecule has 0 N–H and O–H groups in total. The predicted molar refractivity (Wildman–Crippen MR) is 173 cm³/mol. The Bertz CT molecular complexity index is 2160. The summed E-state index contributed by atoms with van der Waals surface area (Å²) in [5, 5.41) is 3.16. The average Bonchev–Trinajstić information content (AvgIpc) is 3.45. The Morgan fingerprint density at radius 3 is 2.26 bits per heavy atom. The SMILES string of the molecule is C[Si](C)(C)c1ccc(-c2[c-]cccc2)nc1.[2H]c1c([2H])c([2H])c(-c2ccc3c(c2)oc2c(-c4ccccn4)[c-]ccc23)c([2H])c1[2H].[Ir]. The molecule has 209 valence electrons. The molecule has 3 heterocycles. The van der Waals surface area contributed by atoms with E-state index in [-0.39, 0.29) is 49.8 Å². The second-order valence-electron chi connectivity index (χ2n) is 10.6. The molecule has 0 atom stereocenters. The molecule has 0 aliphatic heterocycles. The van der Waals surface area contributed by atoms with E-state index in [4.69, 9.17) is 11.3 Å². The molecule has 0 bridgehead atoms.